The van der Waals surface area contributed by atoms with Gasteiger partial charge in [0.1, 0.15) is 17.3 Å². The van der Waals surface area contributed by atoms with Gasteiger partial charge in [-0.1, -0.05) is 36.4 Å². The number of aromatic nitrogens is 1. The van der Waals surface area contributed by atoms with E-state index in [2.05, 4.69) is 10.1 Å². The number of rotatable bonds is 6. The van der Waals surface area contributed by atoms with E-state index in [-0.39, 0.29) is 29.6 Å². The average Bonchev–Trinajstić information content (AvgIpc) is 3.54. The molecule has 0 bridgehead atoms. The second-order valence-corrected chi connectivity index (χ2v) is 7.96. The van der Waals surface area contributed by atoms with Gasteiger partial charge in [-0.15, -0.1) is 0 Å². The van der Waals surface area contributed by atoms with Gasteiger partial charge < -0.3 is 19.0 Å². The third kappa shape index (κ3) is 4.19. The molecule has 8 nitrogen and oxygen atoms in total. The number of furan rings is 1. The van der Waals surface area contributed by atoms with Gasteiger partial charge in [-0.2, -0.15) is 0 Å². The predicted molar refractivity (Wildman–Crippen MR) is 125 cm³/mol. The predicted octanol–water partition coefficient (Wildman–Crippen LogP) is 4.30. The summed E-state index contributed by atoms with van der Waals surface area (Å²) in [6.45, 7) is 0.165. The van der Waals surface area contributed by atoms with Gasteiger partial charge in [0, 0.05) is 28.2 Å². The molecule has 0 radical (unpaired) electrons. The van der Waals surface area contributed by atoms with Crippen molar-refractivity contribution in [2.45, 2.75) is 13.1 Å². The fraction of sp³-hybridized carbons (Fsp3) is 0.115. The zero-order valence-corrected chi connectivity index (χ0v) is 18.7. The summed E-state index contributed by atoms with van der Waals surface area (Å²) in [6.07, 6.45) is 3.42. The lowest BCUT2D eigenvalue weighted by molar-refractivity contribution is -0.123. The van der Waals surface area contributed by atoms with E-state index in [0.29, 0.717) is 17.7 Å². The summed E-state index contributed by atoms with van der Waals surface area (Å²) in [5, 5.41) is 3.44. The molecule has 1 N–H and O–H groups in total. The van der Waals surface area contributed by atoms with Crippen LogP contribution in [0.5, 0.6) is 0 Å². The van der Waals surface area contributed by atoms with Crippen LogP contribution in [0, 0.1) is 5.82 Å². The molecule has 1 fully saturated rings. The summed E-state index contributed by atoms with van der Waals surface area (Å²) in [5.74, 6) is -1.24. The first-order chi connectivity index (χ1) is 16.9. The van der Waals surface area contributed by atoms with Gasteiger partial charge in [0.05, 0.1) is 20.2 Å². The van der Waals surface area contributed by atoms with Crippen LogP contribution in [0.25, 0.3) is 17.0 Å². The quantitative estimate of drug-likeness (QED) is 0.256. The Balaban J connectivity index is 1.43. The highest BCUT2D eigenvalue weighted by Gasteiger charge is 2.34. The zero-order valence-electron chi connectivity index (χ0n) is 18.7. The number of hydrogen-bond acceptors (Lipinski definition) is 5. The number of para-hydroxylation sites is 1. The van der Waals surface area contributed by atoms with E-state index in [0.717, 1.165) is 15.8 Å². The number of carbonyl (C=O) groups is 3. The normalized spacial score (nSPS) is 14.7. The van der Waals surface area contributed by atoms with Crippen LogP contribution in [0.15, 0.2) is 77.0 Å². The average molecular weight is 473 g/mol. The monoisotopic (exact) mass is 473 g/mol. The Kier molecular flexibility index (Phi) is 5.66. The molecule has 9 heteroatoms. The smallest absolute Gasteiger partial charge is 0.373 e. The van der Waals surface area contributed by atoms with Crippen LogP contribution < -0.4 is 5.32 Å². The molecule has 35 heavy (non-hydrogen) atoms. The fourth-order valence-corrected chi connectivity index (χ4v) is 4.03. The van der Waals surface area contributed by atoms with Crippen LogP contribution >= 0.6 is 0 Å². The molecule has 0 unspecified atom stereocenters. The second kappa shape index (κ2) is 8.94. The topological polar surface area (TPSA) is 93.8 Å². The van der Waals surface area contributed by atoms with E-state index in [1.165, 1.54) is 25.3 Å². The van der Waals surface area contributed by atoms with Crippen LogP contribution in [0.2, 0.25) is 0 Å². The Labute approximate surface area is 199 Å². The lowest BCUT2D eigenvalue weighted by atomic mass is 10.1. The second-order valence-electron chi connectivity index (χ2n) is 7.96. The number of nitrogens with one attached hydrogen (secondary N) is 1. The molecule has 5 rings (SSSR count). The van der Waals surface area contributed by atoms with Gasteiger partial charge in [-0.25, -0.2) is 14.0 Å². The minimum absolute atomic E-state index is 0.0204. The SMILES string of the molecule is COC(=O)c1ccc(CN2C(=O)N/C(=C\c3cn(Cc4ccccc4F)c4ccccc34)C2=O)o1. The Hall–Kier alpha value is -4.66. The van der Waals surface area contributed by atoms with E-state index in [1.54, 1.807) is 24.3 Å². The molecule has 3 heterocycles. The van der Waals surface area contributed by atoms with Crippen LogP contribution in [-0.2, 0) is 22.6 Å². The highest BCUT2D eigenvalue weighted by Crippen LogP contribution is 2.26. The maximum atomic E-state index is 14.2. The summed E-state index contributed by atoms with van der Waals surface area (Å²) in [7, 11) is 1.23. The van der Waals surface area contributed by atoms with Crippen molar-refractivity contribution in [2.24, 2.45) is 0 Å². The van der Waals surface area contributed by atoms with Crippen molar-refractivity contribution in [3.05, 3.63) is 101 Å². The van der Waals surface area contributed by atoms with Crippen molar-refractivity contribution in [2.75, 3.05) is 7.11 Å². The van der Waals surface area contributed by atoms with Gasteiger partial charge >= 0.3 is 12.0 Å². The lowest BCUT2D eigenvalue weighted by Gasteiger charge is -2.09. The van der Waals surface area contributed by atoms with E-state index < -0.39 is 17.9 Å². The van der Waals surface area contributed by atoms with Gasteiger partial charge in [-0.05, 0) is 30.3 Å². The van der Waals surface area contributed by atoms with Crippen molar-refractivity contribution < 1.29 is 27.9 Å². The molecular formula is C26H20FN3O5. The molecule has 2 aromatic carbocycles. The van der Waals surface area contributed by atoms with Gasteiger partial charge in [0.15, 0.2) is 0 Å². The third-order valence-electron chi connectivity index (χ3n) is 5.74. The number of urea groups is 1. The van der Waals surface area contributed by atoms with E-state index >= 15 is 0 Å². The number of nitrogens with zero attached hydrogens (tertiary/aromatic N) is 2. The fourth-order valence-electron chi connectivity index (χ4n) is 4.03. The van der Waals surface area contributed by atoms with E-state index in [4.69, 9.17) is 4.42 Å². The van der Waals surface area contributed by atoms with Crippen LogP contribution in [0.1, 0.15) is 27.4 Å². The number of halogens is 1. The Morgan fingerprint density at radius 1 is 1.06 bits per heavy atom. The van der Waals surface area contributed by atoms with Crippen LogP contribution in [-0.4, -0.2) is 34.5 Å². The first kappa shape index (κ1) is 22.1. The number of hydrogen-bond donors (Lipinski definition) is 1. The number of benzene rings is 2. The standard InChI is InChI=1S/C26H20FN3O5/c1-34-25(32)23-11-10-18(35-23)15-30-24(31)21(28-26(30)33)12-17-14-29(22-9-5-3-7-19(17)22)13-16-6-2-4-8-20(16)27/h2-12,14H,13,15H2,1H3,(H,28,33)/b21-12-. The summed E-state index contributed by atoms with van der Waals surface area (Å²) in [5.41, 5.74) is 2.20. The largest absolute Gasteiger partial charge is 0.463 e. The zero-order chi connectivity index (χ0) is 24.5. The molecular weight excluding hydrogens is 453 g/mol. The van der Waals surface area contributed by atoms with Crippen molar-refractivity contribution in [3.63, 3.8) is 0 Å². The summed E-state index contributed by atoms with van der Waals surface area (Å²) in [4.78, 5) is 38.1. The first-order valence-corrected chi connectivity index (χ1v) is 10.8. The van der Waals surface area contributed by atoms with Crippen molar-refractivity contribution in [1.82, 2.24) is 14.8 Å². The van der Waals surface area contributed by atoms with Gasteiger partial charge in [0.2, 0.25) is 5.76 Å². The molecule has 1 aliphatic rings. The Morgan fingerprint density at radius 2 is 1.83 bits per heavy atom. The highest BCUT2D eigenvalue weighted by molar-refractivity contribution is 6.14. The number of esters is 1. The minimum atomic E-state index is -0.652. The maximum Gasteiger partial charge on any atom is 0.373 e. The van der Waals surface area contributed by atoms with Crippen LogP contribution in [0.4, 0.5) is 9.18 Å². The number of ether oxygens (including phenoxy) is 1. The summed E-state index contributed by atoms with van der Waals surface area (Å²) in [6, 6.07) is 16.4. The highest BCUT2D eigenvalue weighted by atomic mass is 19.1. The molecule has 176 valence electrons. The minimum Gasteiger partial charge on any atom is -0.463 e. The van der Waals surface area contributed by atoms with Gasteiger partial charge in [-0.3, -0.25) is 9.69 Å². The van der Waals surface area contributed by atoms with Crippen molar-refractivity contribution in [3.8, 4) is 0 Å². The summed E-state index contributed by atoms with van der Waals surface area (Å²) >= 11 is 0. The Morgan fingerprint density at radius 3 is 2.63 bits per heavy atom. The number of methoxy groups -OCH3 is 1. The summed E-state index contributed by atoms with van der Waals surface area (Å²) < 4.78 is 26.1. The molecule has 4 aromatic rings. The van der Waals surface area contributed by atoms with Crippen LogP contribution in [0.3, 0.4) is 0 Å². The molecule has 0 saturated carbocycles. The third-order valence-corrected chi connectivity index (χ3v) is 5.74. The number of carbonyl (C=O) groups excluding carboxylic acids is 3. The molecule has 0 atom stereocenters. The molecule has 2 aromatic heterocycles. The van der Waals surface area contributed by atoms with Gasteiger partial charge in [0.25, 0.3) is 5.91 Å². The van der Waals surface area contributed by atoms with Crippen molar-refractivity contribution in [1.29, 1.82) is 0 Å². The van der Waals surface area contributed by atoms with E-state index in [9.17, 15) is 18.8 Å². The van der Waals surface area contributed by atoms with Crippen molar-refractivity contribution >= 4 is 34.9 Å². The first-order valence-electron chi connectivity index (χ1n) is 10.8. The van der Waals surface area contributed by atoms with E-state index in [1.807, 2.05) is 35.0 Å². The number of amides is 3. The molecule has 3 amide bonds. The molecule has 0 spiro atoms. The molecule has 1 saturated heterocycles. The number of imide groups is 1. The Bertz CT molecular complexity index is 1500. The lowest BCUT2D eigenvalue weighted by Crippen LogP contribution is -2.30. The molecule has 1 aliphatic heterocycles. The molecule has 0 aliphatic carbocycles. The maximum absolute atomic E-state index is 14.2. The number of fused-ring (bicyclic) bond motifs is 1.